The maximum absolute atomic E-state index is 13.5. The summed E-state index contributed by atoms with van der Waals surface area (Å²) in [5.41, 5.74) is 1.22. The number of imide groups is 1. The Hall–Kier alpha value is -3.29. The first-order valence-corrected chi connectivity index (χ1v) is 9.72. The van der Waals surface area contributed by atoms with Gasteiger partial charge < -0.3 is 15.6 Å². The van der Waals surface area contributed by atoms with Crippen LogP contribution in [-0.4, -0.2) is 58.9 Å². The summed E-state index contributed by atoms with van der Waals surface area (Å²) >= 11 is 0. The van der Waals surface area contributed by atoms with Crippen molar-refractivity contribution in [1.29, 1.82) is 5.41 Å². The van der Waals surface area contributed by atoms with Gasteiger partial charge in [-0.3, -0.25) is 19.3 Å². The Labute approximate surface area is 174 Å². The number of carbonyl (C=O) groups is 3. The van der Waals surface area contributed by atoms with Gasteiger partial charge in [0.2, 0.25) is 0 Å². The molecule has 0 saturated carbocycles. The number of amides is 3. The molecule has 0 aliphatic carbocycles. The molecule has 0 spiro atoms. The van der Waals surface area contributed by atoms with Gasteiger partial charge in [-0.2, -0.15) is 0 Å². The number of hydrogen-bond donors (Lipinski definition) is 2. The van der Waals surface area contributed by atoms with Crippen LogP contribution in [0.1, 0.15) is 47.9 Å². The van der Waals surface area contributed by atoms with Crippen molar-refractivity contribution in [2.45, 2.75) is 32.7 Å². The molecule has 0 bridgehead atoms. The van der Waals surface area contributed by atoms with Crippen molar-refractivity contribution >= 4 is 23.9 Å². The van der Waals surface area contributed by atoms with Crippen molar-refractivity contribution in [3.05, 3.63) is 58.6 Å². The van der Waals surface area contributed by atoms with Crippen LogP contribution in [0.2, 0.25) is 0 Å². The molecule has 3 rings (SSSR count). The third kappa shape index (κ3) is 3.90. The Morgan fingerprint density at radius 1 is 1.13 bits per heavy atom. The van der Waals surface area contributed by atoms with E-state index in [-0.39, 0.29) is 35.7 Å². The fourth-order valence-corrected chi connectivity index (χ4v) is 3.64. The molecule has 2 heterocycles. The van der Waals surface area contributed by atoms with Crippen LogP contribution in [0.3, 0.4) is 0 Å². The molecule has 1 aromatic rings. The second-order valence-corrected chi connectivity index (χ2v) is 8.28. The number of benzene rings is 1. The van der Waals surface area contributed by atoms with Crippen molar-refractivity contribution in [2.24, 2.45) is 0 Å². The molecule has 0 unspecified atom stereocenters. The SMILES string of the molecule is CC(C)(C)N1CCC(NC/C(=C/F)CN2C(=O)c3ccccc3C2=O)=C(C=N)C1=O. The summed E-state index contributed by atoms with van der Waals surface area (Å²) in [4.78, 5) is 40.4. The molecular formula is C22H25FN4O3. The minimum atomic E-state index is -0.456. The number of fused-ring (bicyclic) bond motifs is 1. The standard InChI is InChI=1S/C22H25FN4O3/c1-22(2,3)27-9-8-18(17(11-24)21(27)30)25-12-14(10-23)13-26-19(28)15-6-4-5-7-16(15)20(26)29/h4-7,10-11,24-25H,8-9,12-13H2,1-3H3/b14-10-,24-11?. The topological polar surface area (TPSA) is 93.6 Å². The molecule has 0 atom stereocenters. The van der Waals surface area contributed by atoms with E-state index in [4.69, 9.17) is 5.41 Å². The highest BCUT2D eigenvalue weighted by molar-refractivity contribution is 6.21. The molecule has 0 saturated heterocycles. The van der Waals surface area contributed by atoms with Crippen molar-refractivity contribution < 1.29 is 18.8 Å². The molecule has 3 amide bonds. The van der Waals surface area contributed by atoms with Gasteiger partial charge in [-0.1, -0.05) is 12.1 Å². The highest BCUT2D eigenvalue weighted by atomic mass is 19.1. The minimum absolute atomic E-state index is 0.0133. The number of rotatable bonds is 6. The zero-order valence-electron chi connectivity index (χ0n) is 17.3. The number of hydrogen-bond acceptors (Lipinski definition) is 5. The summed E-state index contributed by atoms with van der Waals surface area (Å²) in [5.74, 6) is -1.16. The van der Waals surface area contributed by atoms with Gasteiger partial charge in [0, 0.05) is 37.0 Å². The van der Waals surface area contributed by atoms with Crippen LogP contribution in [0.25, 0.3) is 0 Å². The van der Waals surface area contributed by atoms with Crippen LogP contribution in [0.4, 0.5) is 4.39 Å². The van der Waals surface area contributed by atoms with Gasteiger partial charge in [-0.15, -0.1) is 0 Å². The minimum Gasteiger partial charge on any atom is -0.384 e. The average Bonchev–Trinajstić information content (AvgIpc) is 2.95. The van der Waals surface area contributed by atoms with E-state index in [1.165, 1.54) is 0 Å². The molecule has 0 fully saturated rings. The zero-order valence-corrected chi connectivity index (χ0v) is 17.3. The Kier molecular flexibility index (Phi) is 5.87. The Bertz CT molecular complexity index is 940. The average molecular weight is 412 g/mol. The first kappa shape index (κ1) is 21.4. The van der Waals surface area contributed by atoms with Crippen LogP contribution in [0.5, 0.6) is 0 Å². The van der Waals surface area contributed by atoms with Gasteiger partial charge in [-0.25, -0.2) is 4.39 Å². The summed E-state index contributed by atoms with van der Waals surface area (Å²) in [6, 6.07) is 6.49. The number of nitrogens with zero attached hydrogens (tertiary/aromatic N) is 2. The van der Waals surface area contributed by atoms with Crippen molar-refractivity contribution in [3.8, 4) is 0 Å². The van der Waals surface area contributed by atoms with Gasteiger partial charge in [-0.05, 0) is 38.5 Å². The summed E-state index contributed by atoms with van der Waals surface area (Å²) in [6.07, 6.45) is 1.87. The molecule has 30 heavy (non-hydrogen) atoms. The molecule has 0 radical (unpaired) electrons. The van der Waals surface area contributed by atoms with E-state index in [0.29, 0.717) is 36.1 Å². The lowest BCUT2D eigenvalue weighted by Gasteiger charge is -2.39. The van der Waals surface area contributed by atoms with Crippen molar-refractivity contribution in [1.82, 2.24) is 15.1 Å². The molecule has 7 nitrogen and oxygen atoms in total. The molecule has 2 aliphatic heterocycles. The maximum atomic E-state index is 13.5. The smallest absolute Gasteiger partial charge is 0.261 e. The van der Waals surface area contributed by atoms with E-state index in [0.717, 1.165) is 11.1 Å². The van der Waals surface area contributed by atoms with Gasteiger partial charge in [0.1, 0.15) is 0 Å². The van der Waals surface area contributed by atoms with Crippen LogP contribution in [0.15, 0.2) is 47.4 Å². The molecule has 2 aliphatic rings. The predicted octanol–water partition coefficient (Wildman–Crippen LogP) is 2.66. The predicted molar refractivity (Wildman–Crippen MR) is 111 cm³/mol. The highest BCUT2D eigenvalue weighted by Gasteiger charge is 2.36. The van der Waals surface area contributed by atoms with Crippen LogP contribution < -0.4 is 5.32 Å². The monoisotopic (exact) mass is 412 g/mol. The highest BCUT2D eigenvalue weighted by Crippen LogP contribution is 2.25. The Morgan fingerprint density at radius 3 is 2.23 bits per heavy atom. The Balaban J connectivity index is 1.71. The summed E-state index contributed by atoms with van der Waals surface area (Å²) in [5, 5.41) is 10.7. The summed E-state index contributed by atoms with van der Waals surface area (Å²) < 4.78 is 13.5. The Morgan fingerprint density at radius 2 is 1.73 bits per heavy atom. The quantitative estimate of drug-likeness (QED) is 0.555. The first-order valence-electron chi connectivity index (χ1n) is 9.72. The molecular weight excluding hydrogens is 387 g/mol. The van der Waals surface area contributed by atoms with Gasteiger partial charge in [0.15, 0.2) is 0 Å². The summed E-state index contributed by atoms with van der Waals surface area (Å²) in [6.45, 7) is 6.09. The van der Waals surface area contributed by atoms with Gasteiger partial charge in [0.25, 0.3) is 17.7 Å². The van der Waals surface area contributed by atoms with Crippen LogP contribution in [0, 0.1) is 5.41 Å². The van der Waals surface area contributed by atoms with E-state index in [9.17, 15) is 18.8 Å². The fraction of sp³-hybridized carbons (Fsp3) is 0.364. The lowest BCUT2D eigenvalue weighted by Crippen LogP contribution is -2.50. The molecule has 8 heteroatoms. The molecule has 158 valence electrons. The van der Waals surface area contributed by atoms with Crippen molar-refractivity contribution in [2.75, 3.05) is 19.6 Å². The molecule has 1 aromatic carbocycles. The summed E-state index contributed by atoms with van der Waals surface area (Å²) in [7, 11) is 0. The number of halogens is 1. The van der Waals surface area contributed by atoms with Gasteiger partial charge >= 0.3 is 0 Å². The molecule has 0 aromatic heterocycles. The zero-order chi connectivity index (χ0) is 22.1. The first-order chi connectivity index (χ1) is 14.2. The van der Waals surface area contributed by atoms with Crippen LogP contribution >= 0.6 is 0 Å². The number of carbonyl (C=O) groups excluding carboxylic acids is 3. The van der Waals surface area contributed by atoms with Gasteiger partial charge in [0.05, 0.1) is 29.6 Å². The largest absolute Gasteiger partial charge is 0.384 e. The van der Waals surface area contributed by atoms with E-state index in [2.05, 4.69) is 5.32 Å². The molecule has 2 N–H and O–H groups in total. The van der Waals surface area contributed by atoms with Crippen LogP contribution in [-0.2, 0) is 4.79 Å². The van der Waals surface area contributed by atoms with E-state index in [1.807, 2.05) is 20.8 Å². The lowest BCUT2D eigenvalue weighted by molar-refractivity contribution is -0.132. The fourth-order valence-electron chi connectivity index (χ4n) is 3.64. The second kappa shape index (κ2) is 8.22. The second-order valence-electron chi connectivity index (χ2n) is 8.28. The maximum Gasteiger partial charge on any atom is 0.261 e. The third-order valence-electron chi connectivity index (χ3n) is 5.26. The van der Waals surface area contributed by atoms with E-state index >= 15 is 0 Å². The van der Waals surface area contributed by atoms with E-state index < -0.39 is 11.8 Å². The lowest BCUT2D eigenvalue weighted by atomic mass is 9.98. The van der Waals surface area contributed by atoms with Crippen molar-refractivity contribution in [3.63, 3.8) is 0 Å². The number of nitrogens with one attached hydrogen (secondary N) is 2. The third-order valence-corrected chi connectivity index (χ3v) is 5.26. The normalized spacial score (nSPS) is 17.6. The van der Waals surface area contributed by atoms with E-state index in [1.54, 1.807) is 29.2 Å².